The molecule has 4 rings (SSSR count). The second kappa shape index (κ2) is 8.46. The Morgan fingerprint density at radius 1 is 1.28 bits per heavy atom. The van der Waals surface area contributed by atoms with Crippen molar-refractivity contribution in [2.45, 2.75) is 39.2 Å². The van der Waals surface area contributed by atoms with Gasteiger partial charge in [-0.1, -0.05) is 26.0 Å². The molecule has 7 nitrogen and oxygen atoms in total. The molecular weight excluding hydrogens is 402 g/mol. The molecule has 0 radical (unpaired) electrons. The molecule has 3 atom stereocenters. The molecule has 1 aliphatic heterocycles. The number of benzene rings is 1. The molecule has 2 heterocycles. The minimum atomic E-state index is -0.222. The first-order valence-electron chi connectivity index (χ1n) is 10.8. The number of rotatable bonds is 5. The lowest BCUT2D eigenvalue weighted by atomic mass is 9.69. The summed E-state index contributed by atoms with van der Waals surface area (Å²) >= 11 is 0. The molecule has 0 bridgehead atoms. The first kappa shape index (κ1) is 21.6. The maximum absolute atomic E-state index is 12.7. The predicted molar refractivity (Wildman–Crippen MR) is 123 cm³/mol. The van der Waals surface area contributed by atoms with Crippen molar-refractivity contribution in [3.05, 3.63) is 65.4 Å². The van der Waals surface area contributed by atoms with Gasteiger partial charge in [-0.05, 0) is 48.2 Å². The Labute approximate surface area is 187 Å². The van der Waals surface area contributed by atoms with Crippen molar-refractivity contribution >= 4 is 23.3 Å². The molecule has 2 amide bonds. The number of fused-ring (bicyclic) bond motifs is 3. The van der Waals surface area contributed by atoms with E-state index < -0.39 is 0 Å². The predicted octanol–water partition coefficient (Wildman–Crippen LogP) is 3.82. The zero-order valence-corrected chi connectivity index (χ0v) is 18.5. The van der Waals surface area contributed by atoms with Crippen LogP contribution in [0.2, 0.25) is 0 Å². The number of amides is 2. The average Bonchev–Trinajstić information content (AvgIpc) is 3.27. The van der Waals surface area contributed by atoms with Crippen LogP contribution in [0.25, 0.3) is 0 Å². The fourth-order valence-corrected chi connectivity index (χ4v) is 4.74. The van der Waals surface area contributed by atoms with Crippen molar-refractivity contribution in [1.29, 1.82) is 5.26 Å². The molecule has 0 saturated heterocycles. The van der Waals surface area contributed by atoms with E-state index in [1.54, 1.807) is 12.1 Å². The van der Waals surface area contributed by atoms with Gasteiger partial charge in [0.25, 0.3) is 5.91 Å². The molecule has 2 aromatic rings. The Kier molecular flexibility index (Phi) is 5.70. The van der Waals surface area contributed by atoms with E-state index in [0.29, 0.717) is 29.4 Å². The second-order valence-corrected chi connectivity index (χ2v) is 9.17. The summed E-state index contributed by atoms with van der Waals surface area (Å²) in [6.07, 6.45) is 6.89. The summed E-state index contributed by atoms with van der Waals surface area (Å²) in [6, 6.07) is 11.5. The van der Waals surface area contributed by atoms with Crippen LogP contribution < -0.4 is 16.0 Å². The Morgan fingerprint density at radius 2 is 2.09 bits per heavy atom. The minimum absolute atomic E-state index is 0.156. The highest BCUT2D eigenvalue weighted by molar-refractivity contribution is 5.94. The molecule has 164 valence electrons. The SMILES string of the molecule is CC(=O)Nc1ccc(C(=O)NCC(C)(C)C2Nc3ccc(C#N)cc3C3C=CCC32)cn1. The lowest BCUT2D eigenvalue weighted by Crippen LogP contribution is -2.51. The number of allylic oxidation sites excluding steroid dienone is 2. The number of nitrogens with zero attached hydrogens (tertiary/aromatic N) is 2. The Bertz CT molecular complexity index is 1110. The standard InChI is InChI=1S/C25H27N5O2/c1-15(31)29-22-10-8-17(13-27-22)24(32)28-14-25(2,3)23-19-6-4-5-18(19)20-11-16(12-26)7-9-21(20)30-23/h4-5,7-11,13,18-19,23,30H,6,14H2,1-3H3,(H,28,32)(H,27,29,31). The Morgan fingerprint density at radius 3 is 2.78 bits per heavy atom. The van der Waals surface area contributed by atoms with Crippen LogP contribution in [0.5, 0.6) is 0 Å². The molecule has 0 spiro atoms. The summed E-state index contributed by atoms with van der Waals surface area (Å²) in [5, 5.41) is 18.6. The van der Waals surface area contributed by atoms with Gasteiger partial charge in [0.1, 0.15) is 5.82 Å². The van der Waals surface area contributed by atoms with Crippen LogP contribution in [-0.2, 0) is 4.79 Å². The Balaban J connectivity index is 1.47. The third kappa shape index (κ3) is 4.22. The minimum Gasteiger partial charge on any atom is -0.381 e. The van der Waals surface area contributed by atoms with E-state index in [1.165, 1.54) is 18.7 Å². The third-order valence-electron chi connectivity index (χ3n) is 6.37. The number of nitrogens with one attached hydrogen (secondary N) is 3. The van der Waals surface area contributed by atoms with Crippen LogP contribution in [0.15, 0.2) is 48.7 Å². The van der Waals surface area contributed by atoms with Gasteiger partial charge < -0.3 is 16.0 Å². The molecule has 2 aliphatic rings. The second-order valence-electron chi connectivity index (χ2n) is 9.17. The molecular formula is C25H27N5O2. The van der Waals surface area contributed by atoms with Gasteiger partial charge in [0, 0.05) is 42.7 Å². The first-order valence-corrected chi connectivity index (χ1v) is 10.8. The normalized spacial score (nSPS) is 21.0. The zero-order valence-electron chi connectivity index (χ0n) is 18.5. The van der Waals surface area contributed by atoms with Crippen molar-refractivity contribution in [3.63, 3.8) is 0 Å². The molecule has 3 N–H and O–H groups in total. The molecule has 32 heavy (non-hydrogen) atoms. The molecule has 1 aromatic carbocycles. The van der Waals surface area contributed by atoms with E-state index >= 15 is 0 Å². The summed E-state index contributed by atoms with van der Waals surface area (Å²) < 4.78 is 0. The number of aromatic nitrogens is 1. The van der Waals surface area contributed by atoms with Crippen LogP contribution in [-0.4, -0.2) is 29.4 Å². The molecule has 3 unspecified atom stereocenters. The first-order chi connectivity index (χ1) is 15.3. The van der Waals surface area contributed by atoms with Crippen molar-refractivity contribution in [2.75, 3.05) is 17.2 Å². The fraction of sp³-hybridized carbons (Fsp3) is 0.360. The largest absolute Gasteiger partial charge is 0.381 e. The van der Waals surface area contributed by atoms with Gasteiger partial charge in [-0.3, -0.25) is 9.59 Å². The summed E-state index contributed by atoms with van der Waals surface area (Å²) in [7, 11) is 0. The number of pyridine rings is 1. The van der Waals surface area contributed by atoms with E-state index in [1.807, 2.05) is 18.2 Å². The quantitative estimate of drug-likeness (QED) is 0.627. The highest BCUT2D eigenvalue weighted by Gasteiger charge is 2.44. The lowest BCUT2D eigenvalue weighted by Gasteiger charge is -2.45. The smallest absolute Gasteiger partial charge is 0.252 e. The monoisotopic (exact) mass is 429 g/mol. The van der Waals surface area contributed by atoms with E-state index in [2.05, 4.69) is 53.0 Å². The molecule has 7 heteroatoms. The van der Waals surface area contributed by atoms with E-state index in [9.17, 15) is 14.9 Å². The van der Waals surface area contributed by atoms with Crippen LogP contribution >= 0.6 is 0 Å². The summed E-state index contributed by atoms with van der Waals surface area (Å²) in [5.74, 6) is 0.642. The van der Waals surface area contributed by atoms with Crippen molar-refractivity contribution in [3.8, 4) is 6.07 Å². The van der Waals surface area contributed by atoms with Gasteiger partial charge in [-0.25, -0.2) is 4.98 Å². The zero-order chi connectivity index (χ0) is 22.9. The Hall–Kier alpha value is -3.66. The van der Waals surface area contributed by atoms with Gasteiger partial charge in [-0.2, -0.15) is 5.26 Å². The van der Waals surface area contributed by atoms with Gasteiger partial charge in [0.05, 0.1) is 17.2 Å². The number of carbonyl (C=O) groups is 2. The van der Waals surface area contributed by atoms with Crippen LogP contribution in [0, 0.1) is 22.7 Å². The van der Waals surface area contributed by atoms with Crippen LogP contribution in [0.3, 0.4) is 0 Å². The number of carbonyl (C=O) groups excluding carboxylic acids is 2. The molecule has 1 aromatic heterocycles. The lowest BCUT2D eigenvalue weighted by molar-refractivity contribution is -0.114. The summed E-state index contributed by atoms with van der Waals surface area (Å²) in [6.45, 7) is 6.22. The fourth-order valence-electron chi connectivity index (χ4n) is 4.74. The average molecular weight is 430 g/mol. The van der Waals surface area contributed by atoms with Crippen LogP contribution in [0.4, 0.5) is 11.5 Å². The number of hydrogen-bond donors (Lipinski definition) is 3. The molecule has 0 saturated carbocycles. The van der Waals surface area contributed by atoms with Gasteiger partial charge >= 0.3 is 0 Å². The van der Waals surface area contributed by atoms with Gasteiger partial charge in [0.15, 0.2) is 0 Å². The van der Waals surface area contributed by atoms with E-state index in [-0.39, 0.29) is 29.2 Å². The van der Waals surface area contributed by atoms with E-state index in [0.717, 1.165) is 12.1 Å². The maximum atomic E-state index is 12.7. The van der Waals surface area contributed by atoms with Crippen molar-refractivity contribution in [2.24, 2.45) is 11.3 Å². The third-order valence-corrected chi connectivity index (χ3v) is 6.37. The summed E-state index contributed by atoms with van der Waals surface area (Å²) in [5.41, 5.74) is 3.12. The molecule has 1 aliphatic carbocycles. The van der Waals surface area contributed by atoms with Gasteiger partial charge in [0.2, 0.25) is 5.91 Å². The number of nitriles is 1. The van der Waals surface area contributed by atoms with E-state index in [4.69, 9.17) is 0 Å². The van der Waals surface area contributed by atoms with Gasteiger partial charge in [-0.15, -0.1) is 0 Å². The van der Waals surface area contributed by atoms with Crippen LogP contribution in [0.1, 0.15) is 54.6 Å². The molecule has 0 fully saturated rings. The maximum Gasteiger partial charge on any atom is 0.252 e. The van der Waals surface area contributed by atoms with Crippen molar-refractivity contribution in [1.82, 2.24) is 10.3 Å². The highest BCUT2D eigenvalue weighted by Crippen LogP contribution is 2.48. The van der Waals surface area contributed by atoms with Crippen molar-refractivity contribution < 1.29 is 9.59 Å². The topological polar surface area (TPSA) is 107 Å². The summed E-state index contributed by atoms with van der Waals surface area (Å²) in [4.78, 5) is 28.0. The number of hydrogen-bond acceptors (Lipinski definition) is 5. The highest BCUT2D eigenvalue weighted by atomic mass is 16.2. The number of anilines is 2.